The van der Waals surface area contributed by atoms with Crippen molar-refractivity contribution in [3.63, 3.8) is 0 Å². The van der Waals surface area contributed by atoms with Gasteiger partial charge in [-0.05, 0) is 85.1 Å². The van der Waals surface area contributed by atoms with Crippen LogP contribution in [-0.4, -0.2) is 49.0 Å². The Morgan fingerprint density at radius 3 is 1.45 bits per heavy atom. The molecule has 0 unspecified atom stereocenters. The van der Waals surface area contributed by atoms with Crippen LogP contribution in [0.25, 0.3) is 22.5 Å². The number of nitrogens with zero attached hydrogens (tertiary/aromatic N) is 4. The summed E-state index contributed by atoms with van der Waals surface area (Å²) in [5.41, 5.74) is 9.62. The Labute approximate surface area is 363 Å². The fourth-order valence-electron chi connectivity index (χ4n) is 5.21. The number of nitrogens with two attached hydrogens (primary N) is 1. The molecule has 0 radical (unpaired) electrons. The molecule has 3 N–H and O–H groups in total. The molecule has 8 rings (SSSR count). The van der Waals surface area contributed by atoms with E-state index in [4.69, 9.17) is 63.7 Å². The molecule has 2 aliphatic heterocycles. The monoisotopic (exact) mass is 926 g/mol. The average molecular weight is 929 g/mol. The number of hydrogen-bond acceptors (Lipinski definition) is 11. The van der Waals surface area contributed by atoms with E-state index in [9.17, 15) is 27.2 Å². The van der Waals surface area contributed by atoms with Gasteiger partial charge in [-0.1, -0.05) is 47.5 Å². The van der Waals surface area contributed by atoms with Crippen molar-refractivity contribution in [3.8, 4) is 45.5 Å². The number of ether oxygens (including phenoxy) is 4. The van der Waals surface area contributed by atoms with E-state index in [1.807, 2.05) is 0 Å². The fourth-order valence-corrected chi connectivity index (χ4v) is 5.86. The molecule has 1 amide bonds. The van der Waals surface area contributed by atoms with Crippen molar-refractivity contribution >= 4 is 80.8 Å². The minimum Gasteiger partial charge on any atom is -0.395 e. The smallest absolute Gasteiger partial charge is 0.395 e. The first-order chi connectivity index (χ1) is 28.4. The Balaban J connectivity index is 0.000000183. The van der Waals surface area contributed by atoms with E-state index < -0.39 is 23.7 Å². The Kier molecular flexibility index (Phi) is 14.8. The number of halogens is 9. The summed E-state index contributed by atoms with van der Waals surface area (Å²) < 4.78 is 70.1. The summed E-state index contributed by atoms with van der Waals surface area (Å²) in [6, 6.07) is 19.1. The number of aryl methyl sites for hydroxylation is 2. The van der Waals surface area contributed by atoms with Gasteiger partial charge in [-0.25, -0.2) is 9.97 Å². The lowest BCUT2D eigenvalue weighted by molar-refractivity contribution is -0.287. The number of nitrogen functional groups attached to an aromatic ring is 1. The lowest BCUT2D eigenvalue weighted by atomic mass is 10.1. The number of amides is 1. The maximum Gasteiger partial charge on any atom is 0.586 e. The van der Waals surface area contributed by atoms with E-state index in [1.54, 1.807) is 62.4 Å². The van der Waals surface area contributed by atoms with Gasteiger partial charge in [-0.15, -0.1) is 40.8 Å². The van der Waals surface area contributed by atoms with Crippen LogP contribution in [0.4, 0.5) is 29.2 Å². The summed E-state index contributed by atoms with van der Waals surface area (Å²) >= 11 is 26.3. The largest absolute Gasteiger partial charge is 0.586 e. The van der Waals surface area contributed by atoms with Crippen molar-refractivity contribution in [2.24, 2.45) is 0 Å². The van der Waals surface area contributed by atoms with Gasteiger partial charge in [-0.2, -0.15) is 0 Å². The van der Waals surface area contributed by atoms with E-state index in [0.717, 1.165) is 5.56 Å². The highest BCUT2D eigenvalue weighted by molar-refractivity contribution is 6.68. The summed E-state index contributed by atoms with van der Waals surface area (Å²) in [6.07, 6.45) is -1.66. The minimum atomic E-state index is -3.69. The summed E-state index contributed by atoms with van der Waals surface area (Å²) in [6.45, 7) is 3.48. The molecular weight excluding hydrogens is 902 g/mol. The number of benzene rings is 4. The second kappa shape index (κ2) is 19.6. The van der Waals surface area contributed by atoms with Crippen LogP contribution >= 0.6 is 58.0 Å². The molecule has 4 aromatic carbocycles. The minimum absolute atomic E-state index is 0.00894. The Bertz CT molecular complexity index is 2510. The molecule has 0 aliphatic carbocycles. The molecule has 60 heavy (non-hydrogen) atoms. The van der Waals surface area contributed by atoms with Gasteiger partial charge in [0.1, 0.15) is 5.82 Å². The maximum absolute atomic E-state index is 13.2. The summed E-state index contributed by atoms with van der Waals surface area (Å²) in [5.74, 6) is -0.0494. The maximum atomic E-state index is 13.2. The predicted octanol–water partition coefficient (Wildman–Crippen LogP) is 11.2. The zero-order chi connectivity index (χ0) is 43.8. The molecule has 12 nitrogen and oxygen atoms in total. The molecule has 4 heterocycles. The summed E-state index contributed by atoms with van der Waals surface area (Å²) in [4.78, 5) is 39.2. The molecule has 0 bridgehead atoms. The van der Waals surface area contributed by atoms with Gasteiger partial charge in [0.15, 0.2) is 28.8 Å². The number of alkyl halides is 6. The van der Waals surface area contributed by atoms with Gasteiger partial charge in [0.25, 0.3) is 11.1 Å². The first-order valence-electron chi connectivity index (χ1n) is 16.7. The SMILES string of the molecule is Cc1cc2c(cc1-c1cnc(N)cn1)OC(F)(F)O2.Cc1cc2c(cc1-c1cnc(NC(=O)c3ccccc3Cl)cn1)OC(F)(F)O2.ClCCl.O=C(Cl)c1ccccc1Cl. The van der Waals surface area contributed by atoms with Gasteiger partial charge in [0, 0.05) is 11.1 Å². The zero-order valence-corrected chi connectivity index (χ0v) is 34.4. The van der Waals surface area contributed by atoms with Crippen LogP contribution in [0.3, 0.4) is 0 Å². The third-order valence-electron chi connectivity index (χ3n) is 7.82. The molecule has 6 aromatic rings. The van der Waals surface area contributed by atoms with E-state index in [0.29, 0.717) is 49.3 Å². The van der Waals surface area contributed by atoms with Crippen LogP contribution in [0.2, 0.25) is 10.0 Å². The molecular formula is C39H27Cl5F4N6O6. The van der Waals surface area contributed by atoms with Gasteiger partial charge in [0.05, 0.1) is 62.7 Å². The number of carbonyl (C=O) groups is 2. The third-order valence-corrected chi connectivity index (χ3v) is 8.68. The zero-order valence-electron chi connectivity index (χ0n) is 30.7. The van der Waals surface area contributed by atoms with Crippen LogP contribution < -0.4 is 30.0 Å². The number of nitrogens with one attached hydrogen (secondary N) is 1. The summed E-state index contributed by atoms with van der Waals surface area (Å²) in [7, 11) is 0. The number of anilines is 2. The molecule has 0 saturated carbocycles. The van der Waals surface area contributed by atoms with Crippen LogP contribution in [-0.2, 0) is 0 Å². The highest BCUT2D eigenvalue weighted by Crippen LogP contribution is 2.45. The van der Waals surface area contributed by atoms with Gasteiger partial charge < -0.3 is 30.0 Å². The molecule has 2 aromatic heterocycles. The number of carbonyl (C=O) groups excluding carboxylic acids is 2. The Morgan fingerprint density at radius 1 is 0.650 bits per heavy atom. The molecule has 312 valence electrons. The first kappa shape index (κ1) is 45.4. The Hall–Kier alpha value is -5.65. The summed E-state index contributed by atoms with van der Waals surface area (Å²) in [5, 5.41) is 2.98. The van der Waals surface area contributed by atoms with E-state index in [2.05, 4.69) is 44.2 Å². The van der Waals surface area contributed by atoms with Crippen molar-refractivity contribution in [2.45, 2.75) is 26.4 Å². The van der Waals surface area contributed by atoms with Gasteiger partial charge in [0.2, 0.25) is 0 Å². The number of aromatic nitrogens is 4. The molecule has 0 atom stereocenters. The predicted molar refractivity (Wildman–Crippen MR) is 219 cm³/mol. The van der Waals surface area contributed by atoms with Crippen LogP contribution in [0.15, 0.2) is 97.6 Å². The van der Waals surface area contributed by atoms with Crippen LogP contribution in [0.1, 0.15) is 31.8 Å². The Morgan fingerprint density at radius 2 is 1.07 bits per heavy atom. The molecule has 0 spiro atoms. The first-order valence-corrected chi connectivity index (χ1v) is 18.9. The van der Waals surface area contributed by atoms with Crippen molar-refractivity contribution in [2.75, 3.05) is 16.4 Å². The van der Waals surface area contributed by atoms with Gasteiger partial charge in [-0.3, -0.25) is 19.6 Å². The van der Waals surface area contributed by atoms with Crippen molar-refractivity contribution in [1.29, 1.82) is 0 Å². The van der Waals surface area contributed by atoms with Crippen LogP contribution in [0.5, 0.6) is 23.0 Å². The molecule has 2 aliphatic rings. The second-order valence-corrected chi connectivity index (χ2v) is 13.9. The highest BCUT2D eigenvalue weighted by Gasteiger charge is 2.44. The van der Waals surface area contributed by atoms with Crippen molar-refractivity contribution in [3.05, 3.63) is 130 Å². The van der Waals surface area contributed by atoms with Crippen LogP contribution in [0, 0.1) is 13.8 Å². The molecule has 0 fully saturated rings. The quantitative estimate of drug-likeness (QED) is 0.0962. The fraction of sp³-hybridized carbons (Fsp3) is 0.128. The topological polar surface area (TPSA) is 161 Å². The average Bonchev–Trinajstić information content (AvgIpc) is 3.67. The number of fused-ring (bicyclic) bond motifs is 2. The van der Waals surface area contributed by atoms with E-state index >= 15 is 0 Å². The lowest BCUT2D eigenvalue weighted by Crippen LogP contribution is -2.25. The van der Waals surface area contributed by atoms with Crippen molar-refractivity contribution in [1.82, 2.24) is 19.9 Å². The second-order valence-electron chi connectivity index (χ2n) is 12.0. The standard InChI is InChI=1S/C19H12ClF2N3O3.C12H9F2N3O2.C7H4Cl2O.CH2Cl2/c1-10-6-15-16(28-19(21,22)27-15)7-12(10)14-8-24-17(9-23-14)25-18(26)11-4-2-3-5-13(11)20;1-6-2-9-10(19-12(13,14)18-9)3-7(6)8-4-17-11(15)5-16-8;8-6-4-2-1-3-5(6)7(9)10;2-1-3/h2-9H,1H3,(H,24,25,26);2-5H,1H3,(H2,15,17);1-4H;1H2. The third kappa shape index (κ3) is 11.8. The van der Waals surface area contributed by atoms with E-state index in [1.165, 1.54) is 49.1 Å². The van der Waals surface area contributed by atoms with E-state index in [-0.39, 0.29) is 40.0 Å². The van der Waals surface area contributed by atoms with Crippen molar-refractivity contribution < 1.29 is 46.1 Å². The molecule has 0 saturated heterocycles. The lowest BCUT2D eigenvalue weighted by Gasteiger charge is -2.08. The molecule has 21 heteroatoms. The number of hydrogen-bond donors (Lipinski definition) is 2. The normalized spacial score (nSPS) is 13.3. The van der Waals surface area contributed by atoms with Gasteiger partial charge >= 0.3 is 12.6 Å². The number of rotatable bonds is 5. The highest BCUT2D eigenvalue weighted by atomic mass is 35.5.